The van der Waals surface area contributed by atoms with Crippen LogP contribution in [0.1, 0.15) is 55.6 Å². The first-order valence-corrected chi connectivity index (χ1v) is 25.5. The third-order valence-electron chi connectivity index (χ3n) is 13.0. The fourth-order valence-corrected chi connectivity index (χ4v) is 14.6. The zero-order valence-electron chi connectivity index (χ0n) is 37.7. The number of aryl methyl sites for hydroxylation is 10. The molecule has 0 heterocycles. The highest BCUT2D eigenvalue weighted by atomic mass is 31.1. The van der Waals surface area contributed by atoms with Gasteiger partial charge in [0.15, 0.2) is 0 Å². The van der Waals surface area contributed by atoms with Crippen LogP contribution in [0.2, 0.25) is 0 Å². The number of benzene rings is 8. The molecule has 0 aromatic heterocycles. The van der Waals surface area contributed by atoms with Gasteiger partial charge in [0.1, 0.15) is 11.5 Å². The van der Waals surface area contributed by atoms with E-state index in [2.05, 4.69) is 196 Å². The van der Waals surface area contributed by atoms with E-state index in [1.165, 1.54) is 87.5 Å². The Labute approximate surface area is 383 Å². The lowest BCUT2D eigenvalue weighted by Gasteiger charge is -2.26. The molecule has 8 aromatic rings. The van der Waals surface area contributed by atoms with Crippen LogP contribution in [0.15, 0.2) is 182 Å². The molecule has 0 spiro atoms. The maximum Gasteiger partial charge on any atom is 0.122 e. The molecule has 0 amide bonds. The van der Waals surface area contributed by atoms with Gasteiger partial charge in [-0.2, -0.15) is 0 Å². The maximum absolute atomic E-state index is 6.08. The second-order valence-electron chi connectivity index (χ2n) is 17.1. The standard InChI is InChI=1S/C41H36OP2.C19H22O/c1-42-39-29-34-25-23-31-22-24-32(40(28-31)43(35-14-6-2-7-15-35)36-16-8-3-9-17-36)26-27-33(39)30-41(34)44(37-18-10-4-11-19-37)38-20-12-5-13-21-38;1-13-10-15-4-6-16(13)8-9-18-11-14(2)17(7-5-15)12-19(18)20-3/h2-22,24,28-30H,23,25-27H2,1H3;4,6,10-12H,5,7-9H2,1-3H3. The van der Waals surface area contributed by atoms with Gasteiger partial charge in [0, 0.05) is 0 Å². The molecular formula is C60H58O2P2. The van der Waals surface area contributed by atoms with E-state index >= 15 is 0 Å². The van der Waals surface area contributed by atoms with Crippen molar-refractivity contribution in [1.29, 1.82) is 0 Å². The first-order valence-electron chi connectivity index (χ1n) is 22.8. The first-order chi connectivity index (χ1) is 31.4. The monoisotopic (exact) mass is 872 g/mol. The molecule has 0 atom stereocenters. The summed E-state index contributed by atoms with van der Waals surface area (Å²) in [5, 5.41) is 8.53. The topological polar surface area (TPSA) is 18.5 Å². The van der Waals surface area contributed by atoms with Gasteiger partial charge in [-0.05, 0) is 187 Å². The van der Waals surface area contributed by atoms with Crippen molar-refractivity contribution in [3.05, 3.63) is 238 Å². The lowest BCUT2D eigenvalue weighted by Crippen LogP contribution is -2.26. The van der Waals surface area contributed by atoms with Gasteiger partial charge in [0.2, 0.25) is 0 Å². The van der Waals surface area contributed by atoms with E-state index in [0.717, 1.165) is 62.9 Å². The molecule has 0 saturated heterocycles. The number of hydrogen-bond acceptors (Lipinski definition) is 2. The Bertz CT molecular complexity index is 2740. The summed E-state index contributed by atoms with van der Waals surface area (Å²) in [6.07, 6.45) is 8.18. The molecule has 4 heteroatoms. The van der Waals surface area contributed by atoms with Crippen LogP contribution in [-0.4, -0.2) is 14.2 Å². The van der Waals surface area contributed by atoms with Crippen molar-refractivity contribution < 1.29 is 9.47 Å². The molecule has 2 nitrogen and oxygen atoms in total. The predicted molar refractivity (Wildman–Crippen MR) is 275 cm³/mol. The Balaban J connectivity index is 0.000000216. The summed E-state index contributed by atoms with van der Waals surface area (Å²) in [6, 6.07) is 68.0. The third-order valence-corrected chi connectivity index (χ3v) is 18.1. The zero-order chi connectivity index (χ0) is 43.8. The normalized spacial score (nSPS) is 13.1. The average Bonchev–Trinajstić information content (AvgIpc) is 3.33. The minimum atomic E-state index is -0.703. The van der Waals surface area contributed by atoms with E-state index in [-0.39, 0.29) is 0 Å². The fraction of sp³-hybridized carbons (Fsp3) is 0.200. The quantitative estimate of drug-likeness (QED) is 0.142. The second kappa shape index (κ2) is 20.4. The molecule has 8 aliphatic carbocycles. The summed E-state index contributed by atoms with van der Waals surface area (Å²) in [4.78, 5) is 0. The van der Waals surface area contributed by atoms with Crippen LogP contribution in [0, 0.1) is 13.8 Å². The van der Waals surface area contributed by atoms with Crippen molar-refractivity contribution in [2.24, 2.45) is 0 Å². The van der Waals surface area contributed by atoms with Crippen LogP contribution in [0.25, 0.3) is 0 Å². The number of ether oxygens (including phenoxy) is 2. The Morgan fingerprint density at radius 2 is 0.688 bits per heavy atom. The van der Waals surface area contributed by atoms with Gasteiger partial charge < -0.3 is 9.47 Å². The van der Waals surface area contributed by atoms with E-state index in [1.54, 1.807) is 7.11 Å². The fourth-order valence-electron chi connectivity index (χ4n) is 9.53. The molecule has 8 aromatic carbocycles. The number of methoxy groups -OCH3 is 2. The van der Waals surface area contributed by atoms with Crippen molar-refractivity contribution in [1.82, 2.24) is 0 Å². The van der Waals surface area contributed by atoms with Gasteiger partial charge in [-0.1, -0.05) is 164 Å². The van der Waals surface area contributed by atoms with Crippen LogP contribution in [0.5, 0.6) is 11.5 Å². The van der Waals surface area contributed by atoms with Gasteiger partial charge in [-0.15, -0.1) is 0 Å². The molecule has 0 aliphatic heterocycles. The maximum atomic E-state index is 6.08. The van der Waals surface area contributed by atoms with E-state index in [0.29, 0.717) is 0 Å². The minimum Gasteiger partial charge on any atom is -0.496 e. The highest BCUT2D eigenvalue weighted by molar-refractivity contribution is 7.80. The zero-order valence-corrected chi connectivity index (χ0v) is 39.5. The largest absolute Gasteiger partial charge is 0.496 e. The van der Waals surface area contributed by atoms with Gasteiger partial charge in [-0.3, -0.25) is 0 Å². The lowest BCUT2D eigenvalue weighted by molar-refractivity contribution is 0.408. The summed E-state index contributed by atoms with van der Waals surface area (Å²) in [7, 11) is 2.23. The predicted octanol–water partition coefficient (Wildman–Crippen LogP) is 11.3. The second-order valence-corrected chi connectivity index (χ2v) is 21.5. The highest BCUT2D eigenvalue weighted by Crippen LogP contribution is 2.39. The van der Waals surface area contributed by atoms with Crippen molar-refractivity contribution in [2.45, 2.75) is 65.2 Å². The number of hydrogen-bond donors (Lipinski definition) is 0. The van der Waals surface area contributed by atoms with E-state index in [1.807, 2.05) is 7.11 Å². The number of rotatable bonds is 8. The SMILES string of the molecule is COc1cc2c(C)cc1CCc1ccc(cc1C)CC2.COc1cc2c(P(c3ccccc3)c3ccccc3)cc1CCc1ccc(cc1P(c1ccccc1)c1ccccc1)CC2. The Morgan fingerprint density at radius 3 is 1.19 bits per heavy atom. The van der Waals surface area contributed by atoms with Crippen LogP contribution in [-0.2, 0) is 51.4 Å². The summed E-state index contributed by atoms with van der Waals surface area (Å²) in [6.45, 7) is 4.45. The molecule has 0 N–H and O–H groups in total. The van der Waals surface area contributed by atoms with E-state index < -0.39 is 15.8 Å². The molecular weight excluding hydrogens is 815 g/mol. The van der Waals surface area contributed by atoms with E-state index in [9.17, 15) is 0 Å². The Kier molecular flexibility index (Phi) is 13.8. The molecule has 0 radical (unpaired) electrons. The Hall–Kier alpha value is -5.78. The van der Waals surface area contributed by atoms with E-state index in [4.69, 9.17) is 9.47 Å². The molecule has 0 fully saturated rings. The summed E-state index contributed by atoms with van der Waals surface area (Å²) in [5.74, 6) is 2.07. The van der Waals surface area contributed by atoms with Crippen LogP contribution in [0.4, 0.5) is 0 Å². The molecule has 0 saturated carbocycles. The van der Waals surface area contributed by atoms with Crippen molar-refractivity contribution in [3.63, 3.8) is 0 Å². The van der Waals surface area contributed by atoms with Crippen molar-refractivity contribution >= 4 is 47.7 Å². The Morgan fingerprint density at radius 1 is 0.312 bits per heavy atom. The highest BCUT2D eigenvalue weighted by Gasteiger charge is 2.25. The smallest absolute Gasteiger partial charge is 0.122 e. The van der Waals surface area contributed by atoms with Crippen LogP contribution >= 0.6 is 15.8 Å². The van der Waals surface area contributed by atoms with Gasteiger partial charge in [-0.25, -0.2) is 0 Å². The van der Waals surface area contributed by atoms with Gasteiger partial charge in [0.05, 0.1) is 14.2 Å². The van der Waals surface area contributed by atoms with Crippen molar-refractivity contribution in [3.8, 4) is 11.5 Å². The van der Waals surface area contributed by atoms with Gasteiger partial charge >= 0.3 is 0 Å². The molecule has 320 valence electrons. The van der Waals surface area contributed by atoms with Crippen molar-refractivity contribution in [2.75, 3.05) is 14.2 Å². The summed E-state index contributed by atoms with van der Waals surface area (Å²) >= 11 is 0. The molecule has 16 rings (SSSR count). The van der Waals surface area contributed by atoms with Crippen LogP contribution in [0.3, 0.4) is 0 Å². The molecule has 8 aliphatic rings. The summed E-state index contributed by atoms with van der Waals surface area (Å²) < 4.78 is 11.7. The van der Waals surface area contributed by atoms with Gasteiger partial charge in [0.25, 0.3) is 0 Å². The minimum absolute atomic E-state index is 0.672. The lowest BCUT2D eigenvalue weighted by atomic mass is 9.91. The molecule has 8 bridgehead atoms. The van der Waals surface area contributed by atoms with Crippen LogP contribution < -0.4 is 41.3 Å². The average molecular weight is 873 g/mol. The first kappa shape index (κ1) is 43.5. The third kappa shape index (κ3) is 9.81. The summed E-state index contributed by atoms with van der Waals surface area (Å²) in [5.41, 5.74) is 14.0. The molecule has 64 heavy (non-hydrogen) atoms. The molecule has 0 unspecified atom stereocenters.